The number of carbonyl (C=O) groups is 1. The smallest absolute Gasteiger partial charge is 0.166 e. The Morgan fingerprint density at radius 2 is 2.00 bits per heavy atom. The fourth-order valence-electron chi connectivity index (χ4n) is 4.02. The minimum atomic E-state index is -0.463. The molecule has 1 fully saturated rings. The van der Waals surface area contributed by atoms with Crippen LogP contribution in [0.5, 0.6) is 0 Å². The summed E-state index contributed by atoms with van der Waals surface area (Å²) in [6.45, 7) is 4.16. The van der Waals surface area contributed by atoms with Gasteiger partial charge in [0.1, 0.15) is 0 Å². The van der Waals surface area contributed by atoms with Gasteiger partial charge in [-0.15, -0.1) is 0 Å². The molecule has 0 aromatic rings. The predicted octanol–water partition coefficient (Wildman–Crippen LogP) is 1.76. The van der Waals surface area contributed by atoms with Gasteiger partial charge >= 0.3 is 0 Å². The average molecular weight is 237 g/mol. The molecule has 0 bridgehead atoms. The van der Waals surface area contributed by atoms with E-state index in [1.54, 1.807) is 0 Å². The highest BCUT2D eigenvalue weighted by atomic mass is 16.3. The lowest BCUT2D eigenvalue weighted by Crippen LogP contribution is -2.49. The van der Waals surface area contributed by atoms with Crippen molar-refractivity contribution in [2.75, 3.05) is 14.1 Å². The first kappa shape index (κ1) is 12.8. The zero-order valence-electron chi connectivity index (χ0n) is 11.3. The summed E-state index contributed by atoms with van der Waals surface area (Å²) in [4.78, 5) is 14.6. The summed E-state index contributed by atoms with van der Waals surface area (Å²) in [6.07, 6.45) is 2.90. The van der Waals surface area contributed by atoms with E-state index in [9.17, 15) is 9.90 Å². The third-order valence-electron chi connectivity index (χ3n) is 4.69. The number of hydrogen-bond acceptors (Lipinski definition) is 3. The van der Waals surface area contributed by atoms with Crippen LogP contribution in [-0.4, -0.2) is 41.5 Å². The monoisotopic (exact) mass is 237 g/mol. The zero-order valence-corrected chi connectivity index (χ0v) is 11.3. The fraction of sp³-hybridized carbons (Fsp3) is 0.786. The molecule has 0 amide bonds. The topological polar surface area (TPSA) is 40.5 Å². The van der Waals surface area contributed by atoms with Crippen LogP contribution in [0.3, 0.4) is 0 Å². The molecule has 1 unspecified atom stereocenters. The van der Waals surface area contributed by atoms with Crippen molar-refractivity contribution in [3.63, 3.8) is 0 Å². The molecule has 2 rings (SSSR count). The van der Waals surface area contributed by atoms with E-state index in [4.69, 9.17) is 0 Å². The number of aliphatic hydroxyl groups excluding tert-OH is 1. The van der Waals surface area contributed by atoms with Crippen LogP contribution in [0, 0.1) is 5.92 Å². The van der Waals surface area contributed by atoms with Crippen LogP contribution in [0.2, 0.25) is 0 Å². The molecule has 0 aliphatic heterocycles. The molecular weight excluding hydrogens is 214 g/mol. The Hall–Kier alpha value is -0.670. The van der Waals surface area contributed by atoms with Gasteiger partial charge in [0.05, 0.1) is 17.6 Å². The number of hydrogen-bond donors (Lipinski definition) is 1. The molecule has 1 N–H and O–H groups in total. The molecule has 17 heavy (non-hydrogen) atoms. The van der Waals surface area contributed by atoms with E-state index in [1.165, 1.54) is 5.57 Å². The number of aliphatic hydroxyl groups is 1. The number of fused-ring (bicyclic) bond motifs is 1. The van der Waals surface area contributed by atoms with Crippen LogP contribution in [0.1, 0.15) is 39.5 Å². The van der Waals surface area contributed by atoms with Gasteiger partial charge < -0.3 is 5.11 Å². The highest BCUT2D eigenvalue weighted by Crippen LogP contribution is 2.53. The van der Waals surface area contributed by atoms with E-state index in [-0.39, 0.29) is 17.2 Å². The summed E-state index contributed by atoms with van der Waals surface area (Å²) in [7, 11) is 4.07. The predicted molar refractivity (Wildman–Crippen MR) is 67.8 cm³/mol. The van der Waals surface area contributed by atoms with E-state index in [1.807, 2.05) is 21.0 Å². The summed E-state index contributed by atoms with van der Waals surface area (Å²) < 4.78 is 0. The molecule has 0 radical (unpaired) electrons. The van der Waals surface area contributed by atoms with Gasteiger partial charge in [-0.2, -0.15) is 0 Å². The second kappa shape index (κ2) is 4.21. The van der Waals surface area contributed by atoms with Crippen molar-refractivity contribution < 1.29 is 9.90 Å². The molecule has 2 aliphatic carbocycles. The maximum Gasteiger partial charge on any atom is 0.166 e. The third kappa shape index (κ3) is 1.45. The normalized spacial score (nSPS) is 37.2. The first-order valence-corrected chi connectivity index (χ1v) is 6.62. The molecule has 2 aliphatic rings. The first-order valence-electron chi connectivity index (χ1n) is 6.62. The zero-order chi connectivity index (χ0) is 12.8. The molecular formula is C14H23NO2. The molecule has 0 aromatic carbocycles. The summed E-state index contributed by atoms with van der Waals surface area (Å²) in [6, 6.07) is 0. The lowest BCUT2D eigenvalue weighted by molar-refractivity contribution is -0.123. The molecule has 0 spiro atoms. The second-order valence-corrected chi connectivity index (χ2v) is 5.43. The van der Waals surface area contributed by atoms with E-state index >= 15 is 0 Å². The van der Waals surface area contributed by atoms with Crippen LogP contribution >= 0.6 is 0 Å². The molecule has 0 heterocycles. The van der Waals surface area contributed by atoms with Gasteiger partial charge in [0, 0.05) is 0 Å². The van der Waals surface area contributed by atoms with Gasteiger partial charge in [-0.3, -0.25) is 9.69 Å². The van der Waals surface area contributed by atoms with Crippen LogP contribution < -0.4 is 0 Å². The Kier molecular flexibility index (Phi) is 3.17. The standard InChI is InChI=1S/C14H23NO2/c1-5-9-10(6-2)14(15(3)4)8-7-11(16)12(14)13(9)17/h11-12,16H,5-8H2,1-4H3/t11-,12?,14+/m0/s1. The number of carbonyl (C=O) groups excluding carboxylic acids is 1. The molecule has 0 aromatic heterocycles. The number of Topliss-reactive ketones (excluding diaryl/α,β-unsaturated/α-hetero) is 1. The van der Waals surface area contributed by atoms with Crippen molar-refractivity contribution in [3.05, 3.63) is 11.1 Å². The van der Waals surface area contributed by atoms with E-state index < -0.39 is 6.10 Å². The maximum absolute atomic E-state index is 12.5. The maximum atomic E-state index is 12.5. The second-order valence-electron chi connectivity index (χ2n) is 5.43. The quantitative estimate of drug-likeness (QED) is 0.813. The molecule has 3 heteroatoms. The number of ketones is 1. The average Bonchev–Trinajstić information content (AvgIpc) is 2.75. The third-order valence-corrected chi connectivity index (χ3v) is 4.69. The van der Waals surface area contributed by atoms with Gasteiger partial charge in [0.15, 0.2) is 5.78 Å². The minimum Gasteiger partial charge on any atom is -0.392 e. The lowest BCUT2D eigenvalue weighted by Gasteiger charge is -2.39. The van der Waals surface area contributed by atoms with Crippen LogP contribution in [0.15, 0.2) is 11.1 Å². The van der Waals surface area contributed by atoms with Gasteiger partial charge in [-0.1, -0.05) is 13.8 Å². The molecule has 3 nitrogen and oxygen atoms in total. The largest absolute Gasteiger partial charge is 0.392 e. The first-order chi connectivity index (χ1) is 8.00. The highest BCUT2D eigenvalue weighted by molar-refractivity contribution is 6.03. The molecule has 0 saturated heterocycles. The van der Waals surface area contributed by atoms with Crippen molar-refractivity contribution in [1.29, 1.82) is 0 Å². The van der Waals surface area contributed by atoms with Crippen molar-refractivity contribution in [2.45, 2.75) is 51.2 Å². The summed E-state index contributed by atoms with van der Waals surface area (Å²) in [5.74, 6) is -0.0227. The van der Waals surface area contributed by atoms with Crippen LogP contribution in [0.4, 0.5) is 0 Å². The number of allylic oxidation sites excluding steroid dienone is 1. The summed E-state index contributed by atoms with van der Waals surface area (Å²) in [5, 5.41) is 10.1. The Balaban J connectivity index is 2.57. The van der Waals surface area contributed by atoms with Crippen molar-refractivity contribution in [3.8, 4) is 0 Å². The van der Waals surface area contributed by atoms with Crippen LogP contribution in [0.25, 0.3) is 0 Å². The summed E-state index contributed by atoms with van der Waals surface area (Å²) in [5.41, 5.74) is 2.05. The summed E-state index contributed by atoms with van der Waals surface area (Å²) >= 11 is 0. The lowest BCUT2D eigenvalue weighted by atomic mass is 9.82. The fourth-order valence-corrected chi connectivity index (χ4v) is 4.02. The van der Waals surface area contributed by atoms with Crippen molar-refractivity contribution in [2.24, 2.45) is 5.92 Å². The van der Waals surface area contributed by atoms with E-state index in [0.29, 0.717) is 0 Å². The number of likely N-dealkylation sites (N-methyl/N-ethyl adjacent to an activating group) is 1. The SMILES string of the molecule is CCC1=C(CC)[C@]2(N(C)C)CC[C@H](O)C2C1=O. The number of nitrogens with zero attached hydrogens (tertiary/aromatic N) is 1. The Labute approximate surface area is 103 Å². The van der Waals surface area contributed by atoms with Crippen molar-refractivity contribution in [1.82, 2.24) is 4.90 Å². The van der Waals surface area contributed by atoms with Gasteiger partial charge in [0.25, 0.3) is 0 Å². The Bertz CT molecular complexity index is 372. The Morgan fingerprint density at radius 3 is 2.47 bits per heavy atom. The van der Waals surface area contributed by atoms with E-state index in [2.05, 4.69) is 11.8 Å². The van der Waals surface area contributed by atoms with Gasteiger partial charge in [0.2, 0.25) is 0 Å². The van der Waals surface area contributed by atoms with Gasteiger partial charge in [-0.05, 0) is 50.9 Å². The molecule has 96 valence electrons. The minimum absolute atomic E-state index is 0.197. The number of rotatable bonds is 3. The van der Waals surface area contributed by atoms with Crippen molar-refractivity contribution >= 4 is 5.78 Å². The highest BCUT2D eigenvalue weighted by Gasteiger charge is 2.59. The molecule has 3 atom stereocenters. The molecule has 1 saturated carbocycles. The van der Waals surface area contributed by atoms with Crippen LogP contribution in [-0.2, 0) is 4.79 Å². The van der Waals surface area contributed by atoms with Gasteiger partial charge in [-0.25, -0.2) is 0 Å². The van der Waals surface area contributed by atoms with E-state index in [0.717, 1.165) is 31.3 Å². The Morgan fingerprint density at radius 1 is 1.35 bits per heavy atom.